The lowest BCUT2D eigenvalue weighted by molar-refractivity contribution is -0.385. The van der Waals surface area contributed by atoms with Crippen molar-refractivity contribution < 1.29 is 23.8 Å². The lowest BCUT2D eigenvalue weighted by Crippen LogP contribution is -2.17. The molecule has 30 heavy (non-hydrogen) atoms. The standard InChI is InChI=1S/C19H14N4O7/c1-29-18-10-14(23(27)28)6-8-16(18)17-9-7-15(30-17)11-20-21-19(24)12-2-4-13(5-3-12)22(25)26/h2-11H,1H3,(H,21,24)/b20-11-. The van der Waals surface area contributed by atoms with Gasteiger partial charge in [-0.2, -0.15) is 5.10 Å². The minimum absolute atomic E-state index is 0.113. The second-order valence-corrected chi connectivity index (χ2v) is 5.85. The van der Waals surface area contributed by atoms with E-state index in [1.165, 1.54) is 55.8 Å². The van der Waals surface area contributed by atoms with Crippen LogP contribution in [0.3, 0.4) is 0 Å². The minimum atomic E-state index is -0.561. The third-order valence-corrected chi connectivity index (χ3v) is 3.99. The number of furan rings is 1. The highest BCUT2D eigenvalue weighted by atomic mass is 16.6. The predicted octanol–water partition coefficient (Wildman–Crippen LogP) is 3.54. The summed E-state index contributed by atoms with van der Waals surface area (Å²) >= 11 is 0. The molecule has 0 unspecified atom stereocenters. The molecule has 152 valence electrons. The summed E-state index contributed by atoms with van der Waals surface area (Å²) in [7, 11) is 1.39. The highest BCUT2D eigenvalue weighted by Crippen LogP contribution is 2.34. The Kier molecular flexibility index (Phi) is 5.82. The van der Waals surface area contributed by atoms with Crippen LogP contribution in [0.25, 0.3) is 11.3 Å². The molecule has 0 radical (unpaired) electrons. The van der Waals surface area contributed by atoms with Crippen LogP contribution in [0.1, 0.15) is 16.1 Å². The van der Waals surface area contributed by atoms with Gasteiger partial charge < -0.3 is 9.15 Å². The Morgan fingerprint density at radius 1 is 1.03 bits per heavy atom. The van der Waals surface area contributed by atoms with Crippen LogP contribution in [-0.4, -0.2) is 29.1 Å². The molecule has 0 fully saturated rings. The van der Waals surface area contributed by atoms with Crippen molar-refractivity contribution in [1.82, 2.24) is 5.43 Å². The number of carbonyl (C=O) groups excluding carboxylic acids is 1. The average Bonchev–Trinajstić information content (AvgIpc) is 3.21. The first-order chi connectivity index (χ1) is 14.4. The maximum atomic E-state index is 12.0. The zero-order valence-electron chi connectivity index (χ0n) is 15.5. The number of hydrogen-bond acceptors (Lipinski definition) is 8. The van der Waals surface area contributed by atoms with E-state index in [0.717, 1.165) is 0 Å². The van der Waals surface area contributed by atoms with E-state index in [1.807, 2.05) is 0 Å². The molecule has 11 heteroatoms. The van der Waals surface area contributed by atoms with Gasteiger partial charge in [-0.15, -0.1) is 0 Å². The van der Waals surface area contributed by atoms with Crippen LogP contribution in [0, 0.1) is 20.2 Å². The van der Waals surface area contributed by atoms with Crippen molar-refractivity contribution in [2.75, 3.05) is 7.11 Å². The van der Waals surface area contributed by atoms with Gasteiger partial charge in [0, 0.05) is 23.8 Å². The van der Waals surface area contributed by atoms with E-state index in [4.69, 9.17) is 9.15 Å². The molecule has 0 saturated carbocycles. The van der Waals surface area contributed by atoms with Gasteiger partial charge in [-0.3, -0.25) is 25.0 Å². The van der Waals surface area contributed by atoms with E-state index in [-0.39, 0.29) is 22.7 Å². The number of nitrogens with one attached hydrogen (secondary N) is 1. The zero-order valence-corrected chi connectivity index (χ0v) is 15.5. The Labute approximate surface area is 168 Å². The van der Waals surface area contributed by atoms with E-state index >= 15 is 0 Å². The summed E-state index contributed by atoms with van der Waals surface area (Å²) in [6.07, 6.45) is 1.27. The van der Waals surface area contributed by atoms with Crippen LogP contribution in [-0.2, 0) is 0 Å². The van der Waals surface area contributed by atoms with Gasteiger partial charge in [-0.05, 0) is 30.3 Å². The van der Waals surface area contributed by atoms with Gasteiger partial charge in [0.1, 0.15) is 17.3 Å². The number of nitro groups is 2. The number of nitro benzene ring substituents is 2. The number of methoxy groups -OCH3 is 1. The minimum Gasteiger partial charge on any atom is -0.496 e. The van der Waals surface area contributed by atoms with Crippen LogP contribution in [0.5, 0.6) is 5.75 Å². The summed E-state index contributed by atoms with van der Waals surface area (Å²) in [6, 6.07) is 12.4. The maximum absolute atomic E-state index is 12.0. The molecule has 0 spiro atoms. The Hall–Kier alpha value is -4.54. The summed E-state index contributed by atoms with van der Waals surface area (Å²) < 4.78 is 10.8. The smallest absolute Gasteiger partial charge is 0.273 e. The van der Waals surface area contributed by atoms with Crippen molar-refractivity contribution in [3.8, 4) is 17.1 Å². The first kappa shape index (κ1) is 20.2. The largest absolute Gasteiger partial charge is 0.496 e. The molecular formula is C19H14N4O7. The third kappa shape index (κ3) is 4.47. The van der Waals surface area contributed by atoms with Gasteiger partial charge in [0.15, 0.2) is 0 Å². The summed E-state index contributed by atoms with van der Waals surface area (Å²) in [6.45, 7) is 0. The predicted molar refractivity (Wildman–Crippen MR) is 106 cm³/mol. The number of amides is 1. The van der Waals surface area contributed by atoms with Crippen molar-refractivity contribution in [2.45, 2.75) is 0 Å². The van der Waals surface area contributed by atoms with Crippen molar-refractivity contribution in [1.29, 1.82) is 0 Å². The summed E-state index contributed by atoms with van der Waals surface area (Å²) in [4.78, 5) is 32.5. The van der Waals surface area contributed by atoms with Crippen LogP contribution in [0.4, 0.5) is 11.4 Å². The van der Waals surface area contributed by atoms with E-state index < -0.39 is 15.8 Å². The molecule has 0 bridgehead atoms. The molecule has 2 aromatic carbocycles. The van der Waals surface area contributed by atoms with Gasteiger partial charge in [-0.25, -0.2) is 5.43 Å². The number of rotatable bonds is 7. The summed E-state index contributed by atoms with van der Waals surface area (Å²) in [5.74, 6) is 0.428. The molecular weight excluding hydrogens is 396 g/mol. The van der Waals surface area contributed by atoms with Crippen molar-refractivity contribution in [3.63, 3.8) is 0 Å². The quantitative estimate of drug-likeness (QED) is 0.355. The van der Waals surface area contributed by atoms with Gasteiger partial charge >= 0.3 is 0 Å². The highest BCUT2D eigenvalue weighted by molar-refractivity contribution is 5.95. The molecule has 0 aliphatic rings. The topological polar surface area (TPSA) is 150 Å². The van der Waals surface area contributed by atoms with Gasteiger partial charge in [0.05, 0.1) is 34.8 Å². The number of non-ortho nitro benzene ring substituents is 2. The number of ether oxygens (including phenoxy) is 1. The Morgan fingerprint density at radius 3 is 2.33 bits per heavy atom. The normalized spacial score (nSPS) is 10.7. The molecule has 1 aromatic heterocycles. The van der Waals surface area contributed by atoms with Crippen LogP contribution in [0.2, 0.25) is 0 Å². The van der Waals surface area contributed by atoms with Crippen LogP contribution in [0.15, 0.2) is 64.1 Å². The highest BCUT2D eigenvalue weighted by Gasteiger charge is 2.15. The monoisotopic (exact) mass is 410 g/mol. The van der Waals surface area contributed by atoms with Crippen molar-refractivity contribution >= 4 is 23.5 Å². The maximum Gasteiger partial charge on any atom is 0.273 e. The van der Waals surface area contributed by atoms with Crippen molar-refractivity contribution in [3.05, 3.63) is 86.1 Å². The molecule has 1 N–H and O–H groups in total. The lowest BCUT2D eigenvalue weighted by atomic mass is 10.1. The molecule has 0 aliphatic carbocycles. The molecule has 1 amide bonds. The number of hydrogen-bond donors (Lipinski definition) is 1. The Morgan fingerprint density at radius 2 is 1.70 bits per heavy atom. The number of benzene rings is 2. The Bertz CT molecular complexity index is 1140. The fourth-order valence-corrected chi connectivity index (χ4v) is 2.52. The Balaban J connectivity index is 1.69. The van der Waals surface area contributed by atoms with E-state index in [1.54, 1.807) is 12.1 Å². The van der Waals surface area contributed by atoms with Gasteiger partial charge in [0.25, 0.3) is 17.3 Å². The molecule has 0 aliphatic heterocycles. The van der Waals surface area contributed by atoms with E-state index in [2.05, 4.69) is 10.5 Å². The van der Waals surface area contributed by atoms with Crippen molar-refractivity contribution in [2.24, 2.45) is 5.10 Å². The molecule has 3 aromatic rings. The fraction of sp³-hybridized carbons (Fsp3) is 0.0526. The SMILES string of the molecule is COc1cc([N+](=O)[O-])ccc1-c1ccc(/C=N\NC(=O)c2ccc([N+](=O)[O-])cc2)o1. The lowest BCUT2D eigenvalue weighted by Gasteiger charge is -2.05. The first-order valence-electron chi connectivity index (χ1n) is 8.39. The summed E-state index contributed by atoms with van der Waals surface area (Å²) in [5.41, 5.74) is 2.76. The molecule has 1 heterocycles. The fourth-order valence-electron chi connectivity index (χ4n) is 2.52. The second-order valence-electron chi connectivity index (χ2n) is 5.85. The average molecular weight is 410 g/mol. The number of hydrazone groups is 1. The first-order valence-corrected chi connectivity index (χ1v) is 8.39. The van der Waals surface area contributed by atoms with Crippen LogP contribution < -0.4 is 10.2 Å². The summed E-state index contributed by atoms with van der Waals surface area (Å²) in [5, 5.41) is 25.3. The molecule has 0 atom stereocenters. The molecule has 0 saturated heterocycles. The molecule has 3 rings (SSSR count). The van der Waals surface area contributed by atoms with E-state index in [9.17, 15) is 25.0 Å². The molecule has 11 nitrogen and oxygen atoms in total. The second kappa shape index (κ2) is 8.65. The van der Waals surface area contributed by atoms with Gasteiger partial charge in [-0.1, -0.05) is 0 Å². The zero-order chi connectivity index (χ0) is 21.7. The van der Waals surface area contributed by atoms with Crippen LogP contribution >= 0.6 is 0 Å². The number of carbonyl (C=O) groups is 1. The van der Waals surface area contributed by atoms with E-state index in [0.29, 0.717) is 17.1 Å². The van der Waals surface area contributed by atoms with Gasteiger partial charge in [0.2, 0.25) is 0 Å². The number of nitrogens with zero attached hydrogens (tertiary/aromatic N) is 3. The third-order valence-electron chi connectivity index (χ3n) is 3.99.